The van der Waals surface area contributed by atoms with E-state index in [4.69, 9.17) is 0 Å². The minimum Gasteiger partial charge on any atom is -0.396 e. The smallest absolute Gasteiger partial charge is 0.0466 e. The summed E-state index contributed by atoms with van der Waals surface area (Å²) in [5, 5.41) is 12.9. The Hall–Kier alpha value is -0.860. The molecule has 0 bridgehead atoms. The molecule has 2 nitrogen and oxygen atoms in total. The molecule has 1 saturated heterocycles. The number of aliphatic hydroxyl groups is 1. The molecule has 1 heterocycles. The van der Waals surface area contributed by atoms with E-state index >= 15 is 0 Å². The number of hydrogen-bond acceptors (Lipinski definition) is 2. The second-order valence-electron chi connectivity index (χ2n) is 6.41. The van der Waals surface area contributed by atoms with Gasteiger partial charge in [0.05, 0.1) is 0 Å². The summed E-state index contributed by atoms with van der Waals surface area (Å²) < 4.78 is 0. The summed E-state index contributed by atoms with van der Waals surface area (Å²) in [4.78, 5) is 0. The number of piperidine rings is 1. The van der Waals surface area contributed by atoms with Crippen LogP contribution in [0, 0.1) is 5.92 Å². The van der Waals surface area contributed by atoms with Gasteiger partial charge in [0.15, 0.2) is 0 Å². The summed E-state index contributed by atoms with van der Waals surface area (Å²) in [6, 6.07) is 8.94. The van der Waals surface area contributed by atoms with Crippen molar-refractivity contribution in [2.45, 2.75) is 38.5 Å². The van der Waals surface area contributed by atoms with E-state index in [2.05, 4.69) is 50.4 Å². The van der Waals surface area contributed by atoms with Gasteiger partial charge in [0.25, 0.3) is 0 Å². The van der Waals surface area contributed by atoms with Crippen molar-refractivity contribution in [1.29, 1.82) is 0 Å². The normalized spacial score (nSPS) is 25.1. The maximum Gasteiger partial charge on any atom is 0.0466 e. The molecule has 1 aromatic rings. The Morgan fingerprint density at radius 1 is 1.22 bits per heavy atom. The predicted molar refractivity (Wildman–Crippen MR) is 75.9 cm³/mol. The second kappa shape index (κ2) is 5.41. The third-order valence-corrected chi connectivity index (χ3v) is 4.06. The van der Waals surface area contributed by atoms with Crippen LogP contribution in [0.2, 0.25) is 0 Å². The second-order valence-corrected chi connectivity index (χ2v) is 6.41. The van der Waals surface area contributed by atoms with Crippen LogP contribution in [-0.4, -0.2) is 24.8 Å². The van der Waals surface area contributed by atoms with Crippen molar-refractivity contribution in [3.8, 4) is 0 Å². The molecule has 0 radical (unpaired) electrons. The molecule has 2 N–H and O–H groups in total. The van der Waals surface area contributed by atoms with Crippen LogP contribution in [0.1, 0.15) is 44.2 Å². The lowest BCUT2D eigenvalue weighted by molar-refractivity contribution is 0.176. The zero-order chi connectivity index (χ0) is 13.2. The molecule has 1 fully saturated rings. The quantitative estimate of drug-likeness (QED) is 0.842. The van der Waals surface area contributed by atoms with Gasteiger partial charge in [-0.05, 0) is 35.4 Å². The highest BCUT2D eigenvalue weighted by Gasteiger charge is 2.25. The number of aliphatic hydroxyl groups excluding tert-OH is 1. The predicted octanol–water partition coefficient (Wildman–Crippen LogP) is 2.67. The van der Waals surface area contributed by atoms with Crippen molar-refractivity contribution in [3.63, 3.8) is 0 Å². The molecule has 1 aromatic carbocycles. The Bertz CT molecular complexity index is 377. The third-order valence-electron chi connectivity index (χ3n) is 4.06. The van der Waals surface area contributed by atoms with Crippen LogP contribution in [0.4, 0.5) is 0 Å². The van der Waals surface area contributed by atoms with Crippen LogP contribution in [0.15, 0.2) is 24.3 Å². The summed E-state index contributed by atoms with van der Waals surface area (Å²) in [7, 11) is 0. The van der Waals surface area contributed by atoms with Gasteiger partial charge in [-0.2, -0.15) is 0 Å². The van der Waals surface area contributed by atoms with E-state index in [0.29, 0.717) is 18.4 Å². The van der Waals surface area contributed by atoms with Gasteiger partial charge >= 0.3 is 0 Å². The van der Waals surface area contributed by atoms with E-state index in [-0.39, 0.29) is 5.41 Å². The molecule has 0 aromatic heterocycles. The number of rotatable bonds is 2. The van der Waals surface area contributed by atoms with Crippen LogP contribution < -0.4 is 5.32 Å². The molecular formula is C16H25NO. The standard InChI is InChI=1S/C16H25NO/c1-16(2,3)14-6-4-12(5-7-14)15-10-17-9-8-13(15)11-18/h4-7,13,15,17-18H,8-11H2,1-3H3. The number of benzene rings is 1. The summed E-state index contributed by atoms with van der Waals surface area (Å²) in [6.07, 6.45) is 1.07. The van der Waals surface area contributed by atoms with Crippen LogP contribution in [0.25, 0.3) is 0 Å². The molecule has 2 unspecified atom stereocenters. The molecule has 2 atom stereocenters. The number of hydrogen-bond donors (Lipinski definition) is 2. The lowest BCUT2D eigenvalue weighted by atomic mass is 9.80. The maximum atomic E-state index is 9.48. The average molecular weight is 247 g/mol. The van der Waals surface area contributed by atoms with E-state index in [0.717, 1.165) is 19.5 Å². The molecule has 0 aliphatic carbocycles. The Morgan fingerprint density at radius 2 is 1.89 bits per heavy atom. The van der Waals surface area contributed by atoms with Gasteiger partial charge < -0.3 is 10.4 Å². The summed E-state index contributed by atoms with van der Waals surface area (Å²) in [5.41, 5.74) is 2.93. The molecule has 0 amide bonds. The fraction of sp³-hybridized carbons (Fsp3) is 0.625. The zero-order valence-corrected chi connectivity index (χ0v) is 11.7. The van der Waals surface area contributed by atoms with Crippen molar-refractivity contribution in [2.24, 2.45) is 5.92 Å². The first-order valence-electron chi connectivity index (χ1n) is 6.94. The average Bonchev–Trinajstić information content (AvgIpc) is 2.38. The highest BCUT2D eigenvalue weighted by atomic mass is 16.3. The first-order valence-corrected chi connectivity index (χ1v) is 6.94. The van der Waals surface area contributed by atoms with Gasteiger partial charge in [-0.3, -0.25) is 0 Å². The lowest BCUT2D eigenvalue weighted by Crippen LogP contribution is -2.36. The van der Waals surface area contributed by atoms with Gasteiger partial charge in [-0.25, -0.2) is 0 Å². The Balaban J connectivity index is 2.18. The molecule has 1 aliphatic heterocycles. The van der Waals surface area contributed by atoms with Crippen molar-refractivity contribution in [2.75, 3.05) is 19.7 Å². The lowest BCUT2D eigenvalue weighted by Gasteiger charge is -2.31. The van der Waals surface area contributed by atoms with E-state index in [9.17, 15) is 5.11 Å². The molecule has 0 saturated carbocycles. The van der Waals surface area contributed by atoms with Crippen molar-refractivity contribution >= 4 is 0 Å². The summed E-state index contributed by atoms with van der Waals surface area (Å²) >= 11 is 0. The van der Waals surface area contributed by atoms with E-state index in [1.807, 2.05) is 0 Å². The Labute approximate surface area is 110 Å². The van der Waals surface area contributed by atoms with Gasteiger partial charge in [0.2, 0.25) is 0 Å². The first-order chi connectivity index (χ1) is 8.52. The Kier molecular flexibility index (Phi) is 4.08. The number of nitrogens with one attached hydrogen (secondary N) is 1. The first kappa shape index (κ1) is 13.6. The highest BCUT2D eigenvalue weighted by Crippen LogP contribution is 2.30. The van der Waals surface area contributed by atoms with E-state index in [1.54, 1.807) is 0 Å². The third kappa shape index (κ3) is 2.93. The van der Waals surface area contributed by atoms with E-state index < -0.39 is 0 Å². The van der Waals surface area contributed by atoms with Gasteiger partial charge in [-0.1, -0.05) is 45.0 Å². The van der Waals surface area contributed by atoms with Crippen molar-refractivity contribution < 1.29 is 5.11 Å². The summed E-state index contributed by atoms with van der Waals surface area (Å²) in [6.45, 7) is 9.03. The monoisotopic (exact) mass is 247 g/mol. The van der Waals surface area contributed by atoms with Crippen LogP contribution >= 0.6 is 0 Å². The van der Waals surface area contributed by atoms with Crippen LogP contribution in [-0.2, 0) is 5.41 Å². The fourth-order valence-corrected chi connectivity index (χ4v) is 2.75. The van der Waals surface area contributed by atoms with Gasteiger partial charge in [0, 0.05) is 19.1 Å². The van der Waals surface area contributed by atoms with Crippen molar-refractivity contribution in [1.82, 2.24) is 5.32 Å². The molecular weight excluding hydrogens is 222 g/mol. The molecule has 0 spiro atoms. The Morgan fingerprint density at radius 3 is 2.44 bits per heavy atom. The zero-order valence-electron chi connectivity index (χ0n) is 11.7. The maximum absolute atomic E-state index is 9.48. The summed E-state index contributed by atoms with van der Waals surface area (Å²) in [5.74, 6) is 0.865. The minimum absolute atomic E-state index is 0.208. The van der Waals surface area contributed by atoms with E-state index in [1.165, 1.54) is 11.1 Å². The van der Waals surface area contributed by atoms with Crippen LogP contribution in [0.5, 0.6) is 0 Å². The highest BCUT2D eigenvalue weighted by molar-refractivity contribution is 5.30. The molecule has 18 heavy (non-hydrogen) atoms. The minimum atomic E-state index is 0.208. The van der Waals surface area contributed by atoms with Crippen molar-refractivity contribution in [3.05, 3.63) is 35.4 Å². The largest absolute Gasteiger partial charge is 0.396 e. The van der Waals surface area contributed by atoms with Gasteiger partial charge in [0.1, 0.15) is 0 Å². The molecule has 2 heteroatoms. The SMILES string of the molecule is CC(C)(C)c1ccc(C2CNCCC2CO)cc1. The molecule has 100 valence electrons. The molecule has 2 rings (SSSR count). The van der Waals surface area contributed by atoms with Gasteiger partial charge in [-0.15, -0.1) is 0 Å². The fourth-order valence-electron chi connectivity index (χ4n) is 2.75. The topological polar surface area (TPSA) is 32.3 Å². The van der Waals surface area contributed by atoms with Crippen LogP contribution in [0.3, 0.4) is 0 Å². The molecule has 1 aliphatic rings.